The van der Waals surface area contributed by atoms with Crippen LogP contribution in [0.4, 0.5) is 0 Å². The van der Waals surface area contributed by atoms with Crippen LogP contribution in [0.15, 0.2) is 24.3 Å². The number of rotatable bonds is 55. The van der Waals surface area contributed by atoms with Crippen molar-refractivity contribution >= 4 is 11.9 Å². The summed E-state index contributed by atoms with van der Waals surface area (Å²) in [5.41, 5.74) is 0. The topological polar surface area (TPSA) is 95.9 Å². The Labute approximate surface area is 411 Å². The summed E-state index contributed by atoms with van der Waals surface area (Å²) in [6.45, 7) is 4.89. The van der Waals surface area contributed by atoms with Crippen molar-refractivity contribution < 1.29 is 24.5 Å². The minimum atomic E-state index is -0.845. The molecule has 0 aromatic carbocycles. The van der Waals surface area contributed by atoms with E-state index < -0.39 is 12.1 Å². The first-order chi connectivity index (χ1) is 32.5. The van der Waals surface area contributed by atoms with E-state index in [9.17, 15) is 19.8 Å². The minimum Gasteiger partial charge on any atom is -0.466 e. The molecular weight excluding hydrogens is 815 g/mol. The number of esters is 1. The van der Waals surface area contributed by atoms with Gasteiger partial charge in [0.25, 0.3) is 0 Å². The highest BCUT2D eigenvalue weighted by atomic mass is 16.5. The van der Waals surface area contributed by atoms with Gasteiger partial charge in [-0.2, -0.15) is 0 Å². The number of aliphatic hydroxyl groups is 2. The van der Waals surface area contributed by atoms with E-state index in [1.807, 2.05) is 6.08 Å². The molecule has 0 fully saturated rings. The second kappa shape index (κ2) is 55.9. The van der Waals surface area contributed by atoms with Gasteiger partial charge in [-0.3, -0.25) is 9.59 Å². The van der Waals surface area contributed by atoms with Crippen LogP contribution < -0.4 is 5.32 Å². The first-order valence-corrected chi connectivity index (χ1v) is 29.6. The number of hydrogen-bond acceptors (Lipinski definition) is 5. The fraction of sp³-hybridized carbons (Fsp3) is 0.900. The first-order valence-electron chi connectivity index (χ1n) is 29.6. The Morgan fingerprint density at radius 3 is 1.11 bits per heavy atom. The molecule has 6 heteroatoms. The number of carbonyl (C=O) groups excluding carboxylic acids is 2. The number of amides is 1. The van der Waals surface area contributed by atoms with Gasteiger partial charge in [-0.25, -0.2) is 0 Å². The first kappa shape index (κ1) is 64.3. The van der Waals surface area contributed by atoms with E-state index in [1.54, 1.807) is 6.08 Å². The Kier molecular flexibility index (Phi) is 54.5. The summed E-state index contributed by atoms with van der Waals surface area (Å²) < 4.78 is 5.46. The quantitative estimate of drug-likeness (QED) is 0.0321. The molecule has 0 aromatic heterocycles. The fourth-order valence-electron chi connectivity index (χ4n) is 9.16. The highest BCUT2D eigenvalue weighted by Gasteiger charge is 2.18. The smallest absolute Gasteiger partial charge is 0.305 e. The number of carbonyl (C=O) groups is 2. The van der Waals surface area contributed by atoms with Crippen molar-refractivity contribution in [1.29, 1.82) is 0 Å². The molecule has 0 aliphatic heterocycles. The van der Waals surface area contributed by atoms with Gasteiger partial charge in [0.2, 0.25) is 5.91 Å². The molecule has 0 radical (unpaired) electrons. The van der Waals surface area contributed by atoms with Crippen molar-refractivity contribution in [3.63, 3.8) is 0 Å². The molecular formula is C60H115NO5. The van der Waals surface area contributed by atoms with Crippen LogP contribution >= 0.6 is 0 Å². The van der Waals surface area contributed by atoms with Gasteiger partial charge in [0.05, 0.1) is 25.4 Å². The van der Waals surface area contributed by atoms with Crippen molar-refractivity contribution in [2.24, 2.45) is 0 Å². The highest BCUT2D eigenvalue weighted by Crippen LogP contribution is 2.17. The summed E-state index contributed by atoms with van der Waals surface area (Å²) in [7, 11) is 0. The number of aliphatic hydroxyl groups excluding tert-OH is 2. The van der Waals surface area contributed by atoms with E-state index in [0.717, 1.165) is 44.9 Å². The molecule has 0 aliphatic carbocycles. The lowest BCUT2D eigenvalue weighted by molar-refractivity contribution is -0.143. The van der Waals surface area contributed by atoms with Crippen LogP contribution in [0.2, 0.25) is 0 Å². The van der Waals surface area contributed by atoms with Gasteiger partial charge >= 0.3 is 5.97 Å². The third-order valence-electron chi connectivity index (χ3n) is 13.7. The van der Waals surface area contributed by atoms with Gasteiger partial charge < -0.3 is 20.3 Å². The number of nitrogens with one attached hydrogen (secondary N) is 1. The van der Waals surface area contributed by atoms with Gasteiger partial charge in [-0.15, -0.1) is 0 Å². The maximum Gasteiger partial charge on any atom is 0.305 e. The normalized spacial score (nSPS) is 12.7. The van der Waals surface area contributed by atoms with Crippen LogP contribution in [0.25, 0.3) is 0 Å². The van der Waals surface area contributed by atoms with Crippen molar-refractivity contribution in [1.82, 2.24) is 5.32 Å². The van der Waals surface area contributed by atoms with Crippen LogP contribution in [-0.4, -0.2) is 47.4 Å². The van der Waals surface area contributed by atoms with E-state index in [1.165, 1.54) is 250 Å². The average Bonchev–Trinajstić information content (AvgIpc) is 3.32. The molecule has 0 heterocycles. The third-order valence-corrected chi connectivity index (χ3v) is 13.7. The van der Waals surface area contributed by atoms with Crippen molar-refractivity contribution in [2.45, 2.75) is 334 Å². The molecule has 3 N–H and O–H groups in total. The molecule has 0 saturated heterocycles. The molecule has 66 heavy (non-hydrogen) atoms. The molecule has 0 spiro atoms. The van der Waals surface area contributed by atoms with Gasteiger partial charge in [-0.05, 0) is 57.8 Å². The monoisotopic (exact) mass is 930 g/mol. The number of allylic oxidation sites excluding steroid dienone is 3. The molecule has 0 saturated carbocycles. The molecule has 0 aliphatic rings. The van der Waals surface area contributed by atoms with Crippen LogP contribution in [0.5, 0.6) is 0 Å². The van der Waals surface area contributed by atoms with Crippen LogP contribution in [0.1, 0.15) is 322 Å². The van der Waals surface area contributed by atoms with Crippen molar-refractivity contribution in [3.05, 3.63) is 24.3 Å². The molecule has 0 aromatic rings. The zero-order valence-corrected chi connectivity index (χ0v) is 44.4. The number of hydrogen-bond donors (Lipinski definition) is 3. The summed E-state index contributed by atoms with van der Waals surface area (Å²) in [4.78, 5) is 24.5. The SMILES string of the molecule is CCCCC/C=C\CCCCCCCC(=O)OCCCCCCCCCCCCCCCCCCCCCCCC(=O)NC(CO)C(O)/C=C/CCCCCCCCCCCCCCCC. The molecule has 390 valence electrons. The summed E-state index contributed by atoms with van der Waals surface area (Å²) >= 11 is 0. The molecule has 6 nitrogen and oxygen atoms in total. The van der Waals surface area contributed by atoms with E-state index in [4.69, 9.17) is 4.74 Å². The number of unbranched alkanes of at least 4 members (excludes halogenated alkanes) is 42. The summed E-state index contributed by atoms with van der Waals surface area (Å²) in [5.74, 6) is -0.0660. The van der Waals surface area contributed by atoms with Crippen molar-refractivity contribution in [2.75, 3.05) is 13.2 Å². The zero-order valence-electron chi connectivity index (χ0n) is 44.4. The Bertz CT molecular complexity index is 1030. The summed E-state index contributed by atoms with van der Waals surface area (Å²) in [5, 5.41) is 23.1. The minimum absolute atomic E-state index is 0.00140. The second-order valence-electron chi connectivity index (χ2n) is 20.3. The van der Waals surface area contributed by atoms with E-state index in [0.29, 0.717) is 19.4 Å². The van der Waals surface area contributed by atoms with Gasteiger partial charge in [0.15, 0.2) is 0 Å². The molecule has 2 atom stereocenters. The van der Waals surface area contributed by atoms with Crippen molar-refractivity contribution in [3.8, 4) is 0 Å². The maximum atomic E-state index is 12.5. The lowest BCUT2D eigenvalue weighted by atomic mass is 10.0. The van der Waals surface area contributed by atoms with Gasteiger partial charge in [0, 0.05) is 12.8 Å². The molecule has 1 amide bonds. The van der Waals surface area contributed by atoms with E-state index in [2.05, 4.69) is 31.3 Å². The van der Waals surface area contributed by atoms with Crippen LogP contribution in [-0.2, 0) is 14.3 Å². The lowest BCUT2D eigenvalue weighted by Gasteiger charge is -2.20. The Morgan fingerprint density at radius 2 is 0.712 bits per heavy atom. The summed E-state index contributed by atoms with van der Waals surface area (Å²) in [6.07, 6.45) is 67.7. The molecule has 2 unspecified atom stereocenters. The van der Waals surface area contributed by atoms with Crippen LogP contribution in [0.3, 0.4) is 0 Å². The Balaban J connectivity index is 3.42. The summed E-state index contributed by atoms with van der Waals surface area (Å²) in [6, 6.07) is -0.628. The Hall–Kier alpha value is -1.66. The fourth-order valence-corrected chi connectivity index (χ4v) is 9.16. The van der Waals surface area contributed by atoms with E-state index in [-0.39, 0.29) is 18.5 Å². The predicted octanol–water partition coefficient (Wildman–Crippen LogP) is 18.2. The molecule has 0 rings (SSSR count). The van der Waals surface area contributed by atoms with Gasteiger partial charge in [0.1, 0.15) is 0 Å². The molecule has 0 bridgehead atoms. The van der Waals surface area contributed by atoms with E-state index >= 15 is 0 Å². The van der Waals surface area contributed by atoms with Gasteiger partial charge in [-0.1, -0.05) is 276 Å². The van der Waals surface area contributed by atoms with Crippen LogP contribution in [0, 0.1) is 0 Å². The zero-order chi connectivity index (χ0) is 47.9. The third kappa shape index (κ3) is 51.7. The Morgan fingerprint density at radius 1 is 0.409 bits per heavy atom. The standard InChI is InChI=1S/C60H115NO5/c1-3-5-7-9-11-13-15-17-18-26-29-32-36-40-44-48-52-58(63)57(56-62)61-59(64)53-49-45-41-37-33-30-27-24-22-20-19-21-23-25-28-31-35-39-43-47-51-55-66-60(65)54-50-46-42-38-34-16-14-12-10-8-6-4-2/h12,14,48,52,57-58,62-63H,3-11,13,15-47,49-51,53-56H2,1-2H3,(H,61,64)/b14-12-,52-48+. The largest absolute Gasteiger partial charge is 0.466 e. The predicted molar refractivity (Wildman–Crippen MR) is 287 cm³/mol. The number of ether oxygens (including phenoxy) is 1. The average molecular weight is 931 g/mol. The highest BCUT2D eigenvalue weighted by molar-refractivity contribution is 5.76. The lowest BCUT2D eigenvalue weighted by Crippen LogP contribution is -2.45. The maximum absolute atomic E-state index is 12.5. The second-order valence-corrected chi connectivity index (χ2v) is 20.3.